The van der Waals surface area contributed by atoms with Gasteiger partial charge in [-0.05, 0) is 32.3 Å². The number of nitrogens with one attached hydrogen (secondary N) is 1. The maximum Gasteiger partial charge on any atom is 0.249 e. The van der Waals surface area contributed by atoms with Crippen LogP contribution in [0.3, 0.4) is 0 Å². The average Bonchev–Trinajstić information content (AvgIpc) is 2.93. The number of hydrogen-bond donors (Lipinski definition) is 1. The molecule has 108 valence electrons. The van der Waals surface area contributed by atoms with Gasteiger partial charge >= 0.3 is 0 Å². The van der Waals surface area contributed by atoms with E-state index in [-0.39, 0.29) is 18.1 Å². The Labute approximate surface area is 119 Å². The van der Waals surface area contributed by atoms with Crippen molar-refractivity contribution < 1.29 is 14.3 Å². The minimum atomic E-state index is -0.271. The van der Waals surface area contributed by atoms with Crippen LogP contribution in [0, 0.1) is 13.8 Å². The number of carbonyl (C=O) groups excluding carboxylic acids is 1. The van der Waals surface area contributed by atoms with Gasteiger partial charge in [-0.3, -0.25) is 4.79 Å². The molecule has 0 spiro atoms. The van der Waals surface area contributed by atoms with Gasteiger partial charge in [0, 0.05) is 18.6 Å². The molecule has 4 heteroatoms. The summed E-state index contributed by atoms with van der Waals surface area (Å²) < 4.78 is 11.2. The van der Waals surface area contributed by atoms with E-state index >= 15 is 0 Å². The average molecular weight is 275 g/mol. The number of rotatable bonds is 2. The lowest BCUT2D eigenvalue weighted by atomic mass is 9.95. The normalized spacial score (nSPS) is 24.9. The Balaban J connectivity index is 1.81. The molecule has 0 aromatic heterocycles. The molecular weight excluding hydrogens is 254 g/mol. The molecule has 2 aliphatic heterocycles. The first-order valence-corrected chi connectivity index (χ1v) is 7.31. The molecule has 1 N–H and O–H groups in total. The van der Waals surface area contributed by atoms with Gasteiger partial charge in [0.15, 0.2) is 0 Å². The molecule has 2 atom stereocenters. The minimum Gasteiger partial charge on any atom is -0.493 e. The maximum absolute atomic E-state index is 12.2. The molecule has 20 heavy (non-hydrogen) atoms. The quantitative estimate of drug-likeness (QED) is 0.901. The van der Waals surface area contributed by atoms with Crippen LogP contribution in [0.5, 0.6) is 5.75 Å². The van der Waals surface area contributed by atoms with Crippen molar-refractivity contribution in [2.75, 3.05) is 13.2 Å². The van der Waals surface area contributed by atoms with Gasteiger partial charge in [-0.2, -0.15) is 0 Å². The largest absolute Gasteiger partial charge is 0.493 e. The van der Waals surface area contributed by atoms with Crippen molar-refractivity contribution >= 4 is 5.91 Å². The summed E-state index contributed by atoms with van der Waals surface area (Å²) >= 11 is 0. The molecule has 1 aromatic carbocycles. The van der Waals surface area contributed by atoms with Crippen molar-refractivity contribution in [2.45, 2.75) is 45.3 Å². The summed E-state index contributed by atoms with van der Waals surface area (Å²) in [5, 5.41) is 3.13. The molecule has 0 aliphatic carbocycles. The number of amides is 1. The Morgan fingerprint density at radius 2 is 2.10 bits per heavy atom. The highest BCUT2D eigenvalue weighted by atomic mass is 16.5. The van der Waals surface area contributed by atoms with Crippen LogP contribution < -0.4 is 10.1 Å². The third kappa shape index (κ3) is 2.52. The summed E-state index contributed by atoms with van der Waals surface area (Å²) in [6.45, 7) is 5.46. The number of fused-ring (bicyclic) bond motifs is 1. The molecule has 1 aromatic rings. The summed E-state index contributed by atoms with van der Waals surface area (Å²) in [5.41, 5.74) is 3.43. The standard InChI is InChI=1S/C16H21NO3/c1-10-8-11(2)15-12(9-10)13(5-7-20-15)17-16(18)14-4-3-6-19-14/h8-9,13-14H,3-7H2,1-2H3,(H,17,18)/t13-,14-/m0/s1. The number of carbonyl (C=O) groups is 1. The second-order valence-electron chi connectivity index (χ2n) is 5.70. The third-order valence-electron chi connectivity index (χ3n) is 4.01. The van der Waals surface area contributed by atoms with Crippen LogP contribution in [0.4, 0.5) is 0 Å². The Morgan fingerprint density at radius 3 is 2.85 bits per heavy atom. The van der Waals surface area contributed by atoms with Crippen molar-refractivity contribution in [1.29, 1.82) is 0 Å². The van der Waals surface area contributed by atoms with E-state index < -0.39 is 0 Å². The monoisotopic (exact) mass is 275 g/mol. The highest BCUT2D eigenvalue weighted by Crippen LogP contribution is 2.35. The molecule has 1 saturated heterocycles. The first-order valence-electron chi connectivity index (χ1n) is 7.31. The molecule has 0 saturated carbocycles. The van der Waals surface area contributed by atoms with Crippen molar-refractivity contribution in [1.82, 2.24) is 5.32 Å². The van der Waals surface area contributed by atoms with Crippen LogP contribution >= 0.6 is 0 Å². The highest BCUT2D eigenvalue weighted by molar-refractivity contribution is 5.81. The SMILES string of the molecule is Cc1cc(C)c2c(c1)[C@@H](NC(=O)[C@@H]1CCCO1)CCO2. The van der Waals surface area contributed by atoms with E-state index in [2.05, 4.69) is 31.3 Å². The zero-order valence-electron chi connectivity index (χ0n) is 12.1. The lowest BCUT2D eigenvalue weighted by Gasteiger charge is -2.29. The predicted octanol–water partition coefficient (Wildman–Crippen LogP) is 2.42. The number of benzene rings is 1. The lowest BCUT2D eigenvalue weighted by Crippen LogP contribution is -2.38. The summed E-state index contributed by atoms with van der Waals surface area (Å²) in [4.78, 5) is 12.2. The zero-order chi connectivity index (χ0) is 14.1. The molecule has 4 nitrogen and oxygen atoms in total. The van der Waals surface area contributed by atoms with Crippen LogP contribution in [0.1, 0.15) is 42.0 Å². The van der Waals surface area contributed by atoms with Gasteiger partial charge in [0.25, 0.3) is 0 Å². The molecule has 2 aliphatic rings. The van der Waals surface area contributed by atoms with E-state index in [0.29, 0.717) is 13.2 Å². The van der Waals surface area contributed by atoms with Crippen LogP contribution in [0.15, 0.2) is 12.1 Å². The van der Waals surface area contributed by atoms with Crippen LogP contribution in [0.25, 0.3) is 0 Å². The Bertz CT molecular complexity index is 521. The van der Waals surface area contributed by atoms with E-state index in [9.17, 15) is 4.79 Å². The first-order chi connectivity index (χ1) is 9.65. The number of ether oxygens (including phenoxy) is 2. The molecule has 1 fully saturated rings. The van der Waals surface area contributed by atoms with E-state index in [1.165, 1.54) is 5.56 Å². The topological polar surface area (TPSA) is 47.6 Å². The first kappa shape index (κ1) is 13.4. The van der Waals surface area contributed by atoms with Crippen molar-refractivity contribution in [3.05, 3.63) is 28.8 Å². The van der Waals surface area contributed by atoms with Gasteiger partial charge in [-0.15, -0.1) is 0 Å². The van der Waals surface area contributed by atoms with Crippen molar-refractivity contribution in [3.8, 4) is 5.75 Å². The summed E-state index contributed by atoms with van der Waals surface area (Å²) in [7, 11) is 0. The molecule has 2 heterocycles. The summed E-state index contributed by atoms with van der Waals surface area (Å²) in [6, 6.07) is 4.26. The molecule has 0 unspecified atom stereocenters. The number of hydrogen-bond acceptors (Lipinski definition) is 3. The van der Waals surface area contributed by atoms with Crippen molar-refractivity contribution in [2.24, 2.45) is 0 Å². The van der Waals surface area contributed by atoms with E-state index in [4.69, 9.17) is 9.47 Å². The molecular formula is C16H21NO3. The Hall–Kier alpha value is -1.55. The number of aryl methyl sites for hydroxylation is 2. The van der Waals surface area contributed by atoms with Crippen LogP contribution in [-0.4, -0.2) is 25.2 Å². The van der Waals surface area contributed by atoms with Gasteiger partial charge < -0.3 is 14.8 Å². The Kier molecular flexibility index (Phi) is 3.66. The molecule has 1 amide bonds. The van der Waals surface area contributed by atoms with Gasteiger partial charge in [0.05, 0.1) is 12.6 Å². The van der Waals surface area contributed by atoms with Gasteiger partial charge in [0.2, 0.25) is 5.91 Å². The Morgan fingerprint density at radius 1 is 1.25 bits per heavy atom. The van der Waals surface area contributed by atoms with Crippen molar-refractivity contribution in [3.63, 3.8) is 0 Å². The molecule has 0 bridgehead atoms. The lowest BCUT2D eigenvalue weighted by molar-refractivity contribution is -0.131. The van der Waals surface area contributed by atoms with E-state index in [1.54, 1.807) is 0 Å². The fourth-order valence-electron chi connectivity index (χ4n) is 3.08. The highest BCUT2D eigenvalue weighted by Gasteiger charge is 2.29. The smallest absolute Gasteiger partial charge is 0.249 e. The van der Waals surface area contributed by atoms with Gasteiger partial charge in [0.1, 0.15) is 11.9 Å². The maximum atomic E-state index is 12.2. The van der Waals surface area contributed by atoms with Gasteiger partial charge in [-0.1, -0.05) is 17.7 Å². The minimum absolute atomic E-state index is 0.0134. The summed E-state index contributed by atoms with van der Waals surface area (Å²) in [5.74, 6) is 0.944. The van der Waals surface area contributed by atoms with E-state index in [1.807, 2.05) is 0 Å². The third-order valence-corrected chi connectivity index (χ3v) is 4.01. The molecule has 3 rings (SSSR count). The predicted molar refractivity (Wildman–Crippen MR) is 75.9 cm³/mol. The summed E-state index contributed by atoms with van der Waals surface area (Å²) in [6.07, 6.45) is 2.34. The zero-order valence-corrected chi connectivity index (χ0v) is 12.1. The van der Waals surface area contributed by atoms with Crippen LogP contribution in [0.2, 0.25) is 0 Å². The fraction of sp³-hybridized carbons (Fsp3) is 0.562. The second kappa shape index (κ2) is 5.44. The van der Waals surface area contributed by atoms with Gasteiger partial charge in [-0.25, -0.2) is 0 Å². The molecule has 0 radical (unpaired) electrons. The van der Waals surface area contributed by atoms with E-state index in [0.717, 1.165) is 36.1 Å². The van der Waals surface area contributed by atoms with Crippen LogP contribution in [-0.2, 0) is 9.53 Å². The fourth-order valence-corrected chi connectivity index (χ4v) is 3.08. The second-order valence-corrected chi connectivity index (χ2v) is 5.70.